The van der Waals surface area contributed by atoms with Gasteiger partial charge in [0.1, 0.15) is 0 Å². The van der Waals surface area contributed by atoms with Gasteiger partial charge in [-0.25, -0.2) is 0 Å². The third-order valence-corrected chi connectivity index (χ3v) is 3.74. The third-order valence-electron chi connectivity index (χ3n) is 3.74. The van der Waals surface area contributed by atoms with Crippen LogP contribution < -0.4 is 5.32 Å². The van der Waals surface area contributed by atoms with Gasteiger partial charge in [-0.05, 0) is 36.9 Å². The quantitative estimate of drug-likeness (QED) is 0.840. The van der Waals surface area contributed by atoms with Crippen molar-refractivity contribution < 1.29 is 0 Å². The van der Waals surface area contributed by atoms with Gasteiger partial charge in [0, 0.05) is 45.6 Å². The molecule has 0 radical (unpaired) electrons. The Labute approximate surface area is 105 Å². The molecule has 1 unspecified atom stereocenters. The first kappa shape index (κ1) is 12.7. The summed E-state index contributed by atoms with van der Waals surface area (Å²) in [6.45, 7) is 8.37. The first-order valence-corrected chi connectivity index (χ1v) is 6.80. The zero-order valence-corrected chi connectivity index (χ0v) is 11.2. The predicted molar refractivity (Wildman–Crippen MR) is 72.4 cm³/mol. The molecule has 0 bridgehead atoms. The molecule has 1 saturated heterocycles. The van der Waals surface area contributed by atoms with E-state index in [1.54, 1.807) is 0 Å². The van der Waals surface area contributed by atoms with Crippen LogP contribution in [-0.4, -0.2) is 42.2 Å². The van der Waals surface area contributed by atoms with Crippen LogP contribution in [0, 0.1) is 0 Å². The molecule has 1 atom stereocenters. The van der Waals surface area contributed by atoms with Crippen molar-refractivity contribution in [2.75, 3.05) is 32.7 Å². The first-order valence-electron chi connectivity index (χ1n) is 6.80. The molecule has 0 amide bonds. The summed E-state index contributed by atoms with van der Waals surface area (Å²) < 4.78 is 2.14. The Kier molecular flexibility index (Phi) is 4.63. The Morgan fingerprint density at radius 3 is 2.76 bits per heavy atom. The van der Waals surface area contributed by atoms with Gasteiger partial charge in [0.15, 0.2) is 0 Å². The van der Waals surface area contributed by atoms with Gasteiger partial charge in [0.05, 0.1) is 0 Å². The molecule has 17 heavy (non-hydrogen) atoms. The summed E-state index contributed by atoms with van der Waals surface area (Å²) >= 11 is 0. The van der Waals surface area contributed by atoms with E-state index in [1.807, 2.05) is 0 Å². The second kappa shape index (κ2) is 6.22. The van der Waals surface area contributed by atoms with Crippen molar-refractivity contribution in [3.63, 3.8) is 0 Å². The van der Waals surface area contributed by atoms with Gasteiger partial charge < -0.3 is 14.8 Å². The van der Waals surface area contributed by atoms with Crippen LogP contribution in [-0.2, 0) is 7.05 Å². The molecule has 0 saturated carbocycles. The molecule has 1 aliphatic heterocycles. The van der Waals surface area contributed by atoms with E-state index < -0.39 is 0 Å². The second-order valence-corrected chi connectivity index (χ2v) is 5.25. The number of nitrogens with one attached hydrogen (secondary N) is 1. The van der Waals surface area contributed by atoms with Crippen LogP contribution in [0.25, 0.3) is 0 Å². The molecule has 0 aliphatic carbocycles. The van der Waals surface area contributed by atoms with Crippen molar-refractivity contribution in [1.29, 1.82) is 0 Å². The van der Waals surface area contributed by atoms with Gasteiger partial charge in [-0.2, -0.15) is 0 Å². The average molecular weight is 235 g/mol. The fourth-order valence-electron chi connectivity index (χ4n) is 2.54. The van der Waals surface area contributed by atoms with Crippen molar-refractivity contribution in [3.05, 3.63) is 24.0 Å². The minimum absolute atomic E-state index is 0.694. The maximum atomic E-state index is 3.40. The highest BCUT2D eigenvalue weighted by Crippen LogP contribution is 2.20. The van der Waals surface area contributed by atoms with Crippen molar-refractivity contribution in [2.24, 2.45) is 7.05 Å². The van der Waals surface area contributed by atoms with E-state index in [0.717, 1.165) is 13.1 Å². The van der Waals surface area contributed by atoms with Crippen molar-refractivity contribution in [1.82, 2.24) is 14.8 Å². The van der Waals surface area contributed by atoms with Gasteiger partial charge in [-0.15, -0.1) is 0 Å². The number of aryl methyl sites for hydroxylation is 1. The zero-order chi connectivity index (χ0) is 12.1. The van der Waals surface area contributed by atoms with Crippen molar-refractivity contribution in [3.8, 4) is 0 Å². The Morgan fingerprint density at radius 2 is 2.12 bits per heavy atom. The molecule has 0 spiro atoms. The van der Waals surface area contributed by atoms with E-state index in [1.165, 1.54) is 38.0 Å². The van der Waals surface area contributed by atoms with Crippen LogP contribution in [0.2, 0.25) is 0 Å². The molecule has 2 heterocycles. The van der Waals surface area contributed by atoms with E-state index >= 15 is 0 Å². The van der Waals surface area contributed by atoms with Gasteiger partial charge >= 0.3 is 0 Å². The lowest BCUT2D eigenvalue weighted by molar-refractivity contribution is 0.235. The summed E-state index contributed by atoms with van der Waals surface area (Å²) in [6.07, 6.45) is 7.00. The first-order chi connectivity index (χ1) is 8.25. The van der Waals surface area contributed by atoms with Crippen LogP contribution in [0.15, 0.2) is 18.5 Å². The van der Waals surface area contributed by atoms with Crippen molar-refractivity contribution in [2.45, 2.75) is 25.7 Å². The lowest BCUT2D eigenvalue weighted by Crippen LogP contribution is -2.43. The van der Waals surface area contributed by atoms with Crippen molar-refractivity contribution >= 4 is 0 Å². The minimum Gasteiger partial charge on any atom is -0.357 e. The average Bonchev–Trinajstić information content (AvgIpc) is 2.77. The molecular weight excluding hydrogens is 210 g/mol. The zero-order valence-electron chi connectivity index (χ0n) is 11.2. The number of nitrogens with zero attached hydrogens (tertiary/aromatic N) is 2. The maximum Gasteiger partial charge on any atom is 0.0107 e. The van der Waals surface area contributed by atoms with Crippen LogP contribution in [0.3, 0.4) is 0 Å². The number of hydrogen-bond donors (Lipinski definition) is 1. The van der Waals surface area contributed by atoms with Gasteiger partial charge in [0.2, 0.25) is 0 Å². The van der Waals surface area contributed by atoms with Crippen LogP contribution >= 0.6 is 0 Å². The molecule has 1 aromatic rings. The summed E-state index contributed by atoms with van der Waals surface area (Å²) in [5.74, 6) is 0.694. The van der Waals surface area contributed by atoms with E-state index in [2.05, 4.69) is 47.2 Å². The number of piperazine rings is 1. The van der Waals surface area contributed by atoms with Crippen LogP contribution in [0.4, 0.5) is 0 Å². The molecule has 1 aromatic heterocycles. The number of aromatic nitrogens is 1. The summed E-state index contributed by atoms with van der Waals surface area (Å²) in [7, 11) is 2.09. The molecular formula is C14H25N3. The summed E-state index contributed by atoms with van der Waals surface area (Å²) in [5, 5.41) is 3.40. The van der Waals surface area contributed by atoms with Crippen LogP contribution in [0.5, 0.6) is 0 Å². The monoisotopic (exact) mass is 235 g/mol. The summed E-state index contributed by atoms with van der Waals surface area (Å²) in [4.78, 5) is 2.58. The highest BCUT2D eigenvalue weighted by atomic mass is 15.2. The fraction of sp³-hybridized carbons (Fsp3) is 0.714. The molecule has 1 aliphatic rings. The predicted octanol–water partition coefficient (Wildman–Crippen LogP) is 1.81. The smallest absolute Gasteiger partial charge is 0.0107 e. The molecule has 96 valence electrons. The molecule has 3 nitrogen and oxygen atoms in total. The lowest BCUT2D eigenvalue weighted by Gasteiger charge is -2.27. The van der Waals surface area contributed by atoms with E-state index in [9.17, 15) is 0 Å². The SMILES string of the molecule is CC(CCCN1CCNCC1)c1ccn(C)c1. The molecule has 0 aromatic carbocycles. The van der Waals surface area contributed by atoms with Gasteiger partial charge in [-0.3, -0.25) is 0 Å². The molecule has 1 fully saturated rings. The minimum atomic E-state index is 0.694. The number of rotatable bonds is 5. The van der Waals surface area contributed by atoms with Crippen LogP contribution in [0.1, 0.15) is 31.2 Å². The number of hydrogen-bond acceptors (Lipinski definition) is 2. The molecule has 3 heteroatoms. The van der Waals surface area contributed by atoms with Gasteiger partial charge in [0.25, 0.3) is 0 Å². The molecule has 2 rings (SSSR count). The Morgan fingerprint density at radius 1 is 1.35 bits per heavy atom. The third kappa shape index (κ3) is 3.86. The highest BCUT2D eigenvalue weighted by molar-refractivity contribution is 5.14. The lowest BCUT2D eigenvalue weighted by atomic mass is 9.99. The summed E-state index contributed by atoms with van der Waals surface area (Å²) in [6, 6.07) is 2.25. The van der Waals surface area contributed by atoms with E-state index in [0.29, 0.717) is 5.92 Å². The Bertz CT molecular complexity index is 326. The van der Waals surface area contributed by atoms with E-state index in [-0.39, 0.29) is 0 Å². The Balaban J connectivity index is 1.67. The Hall–Kier alpha value is -0.800. The normalized spacial score (nSPS) is 19.4. The standard InChI is InChI=1S/C14H25N3/c1-13(14-5-9-16(2)12-14)4-3-8-17-10-6-15-7-11-17/h5,9,12-13,15H,3-4,6-8,10-11H2,1-2H3. The summed E-state index contributed by atoms with van der Waals surface area (Å²) in [5.41, 5.74) is 1.48. The van der Waals surface area contributed by atoms with Gasteiger partial charge in [-0.1, -0.05) is 6.92 Å². The maximum absolute atomic E-state index is 3.40. The molecule has 1 N–H and O–H groups in total. The highest BCUT2D eigenvalue weighted by Gasteiger charge is 2.11. The topological polar surface area (TPSA) is 20.2 Å². The second-order valence-electron chi connectivity index (χ2n) is 5.25. The largest absolute Gasteiger partial charge is 0.357 e. The fourth-order valence-corrected chi connectivity index (χ4v) is 2.54. The van der Waals surface area contributed by atoms with E-state index in [4.69, 9.17) is 0 Å².